The van der Waals surface area contributed by atoms with Crippen LogP contribution in [-0.4, -0.2) is 17.5 Å². The van der Waals surface area contributed by atoms with Crippen molar-refractivity contribution in [3.63, 3.8) is 0 Å². The standard InChI is InChI=1S/C16H19N3O2/c17-19-16(20)11-13-4-6-14(7-5-13)12-21-10-8-15-3-1-2-9-18-15/h1-7,9H,8,10-12,17H2,(H,19,20). The minimum atomic E-state index is -0.200. The van der Waals surface area contributed by atoms with Crippen LogP contribution in [0.3, 0.4) is 0 Å². The first-order valence-corrected chi connectivity index (χ1v) is 6.83. The van der Waals surface area contributed by atoms with Gasteiger partial charge in [-0.1, -0.05) is 30.3 Å². The molecule has 0 fully saturated rings. The third-order valence-electron chi connectivity index (χ3n) is 3.05. The molecule has 0 saturated heterocycles. The van der Waals surface area contributed by atoms with Crippen molar-refractivity contribution in [1.82, 2.24) is 10.4 Å². The van der Waals surface area contributed by atoms with Crippen LogP contribution in [0, 0.1) is 0 Å². The van der Waals surface area contributed by atoms with Gasteiger partial charge in [0.1, 0.15) is 0 Å². The summed E-state index contributed by atoms with van der Waals surface area (Å²) in [7, 11) is 0. The monoisotopic (exact) mass is 285 g/mol. The summed E-state index contributed by atoms with van der Waals surface area (Å²) in [5, 5.41) is 0. The minimum absolute atomic E-state index is 0.200. The average Bonchev–Trinajstić information content (AvgIpc) is 2.54. The topological polar surface area (TPSA) is 77.2 Å². The Kier molecular flexibility index (Phi) is 5.87. The summed E-state index contributed by atoms with van der Waals surface area (Å²) in [5.41, 5.74) is 5.15. The molecule has 5 nitrogen and oxygen atoms in total. The number of nitrogens with one attached hydrogen (secondary N) is 1. The van der Waals surface area contributed by atoms with E-state index in [9.17, 15) is 4.79 Å². The van der Waals surface area contributed by atoms with Crippen LogP contribution in [0.15, 0.2) is 48.7 Å². The summed E-state index contributed by atoms with van der Waals surface area (Å²) in [6.45, 7) is 1.19. The fraction of sp³-hybridized carbons (Fsp3) is 0.250. The lowest BCUT2D eigenvalue weighted by atomic mass is 10.1. The van der Waals surface area contributed by atoms with Gasteiger partial charge >= 0.3 is 0 Å². The van der Waals surface area contributed by atoms with Crippen molar-refractivity contribution in [3.05, 3.63) is 65.5 Å². The Morgan fingerprint density at radius 3 is 2.57 bits per heavy atom. The first-order chi connectivity index (χ1) is 10.3. The third kappa shape index (κ3) is 5.33. The average molecular weight is 285 g/mol. The molecule has 2 rings (SSSR count). The number of carbonyl (C=O) groups is 1. The van der Waals surface area contributed by atoms with Crippen molar-refractivity contribution >= 4 is 5.91 Å². The SMILES string of the molecule is NNC(=O)Cc1ccc(COCCc2ccccn2)cc1. The Labute approximate surface area is 124 Å². The van der Waals surface area contributed by atoms with E-state index < -0.39 is 0 Å². The molecule has 1 heterocycles. The van der Waals surface area contributed by atoms with Crippen LogP contribution in [0.5, 0.6) is 0 Å². The number of hydrogen-bond donors (Lipinski definition) is 2. The molecule has 5 heteroatoms. The van der Waals surface area contributed by atoms with E-state index in [-0.39, 0.29) is 12.3 Å². The number of ether oxygens (including phenoxy) is 1. The molecule has 0 saturated carbocycles. The minimum Gasteiger partial charge on any atom is -0.376 e. The second-order valence-corrected chi connectivity index (χ2v) is 4.68. The number of amides is 1. The zero-order valence-electron chi connectivity index (χ0n) is 11.8. The van der Waals surface area contributed by atoms with Gasteiger partial charge in [0.25, 0.3) is 0 Å². The van der Waals surface area contributed by atoms with Crippen molar-refractivity contribution in [2.75, 3.05) is 6.61 Å². The van der Waals surface area contributed by atoms with E-state index in [2.05, 4.69) is 10.4 Å². The summed E-state index contributed by atoms with van der Waals surface area (Å²) >= 11 is 0. The van der Waals surface area contributed by atoms with Gasteiger partial charge < -0.3 is 4.74 Å². The molecule has 0 radical (unpaired) electrons. The van der Waals surface area contributed by atoms with Crippen LogP contribution in [0.4, 0.5) is 0 Å². The van der Waals surface area contributed by atoms with Gasteiger partial charge in [-0.25, -0.2) is 5.84 Å². The molecule has 110 valence electrons. The van der Waals surface area contributed by atoms with Crippen molar-refractivity contribution in [2.24, 2.45) is 5.84 Å². The highest BCUT2D eigenvalue weighted by atomic mass is 16.5. The Bertz CT molecular complexity index is 555. The lowest BCUT2D eigenvalue weighted by Gasteiger charge is -2.06. The Balaban J connectivity index is 1.72. The van der Waals surface area contributed by atoms with Crippen LogP contribution in [0.25, 0.3) is 0 Å². The molecule has 21 heavy (non-hydrogen) atoms. The molecule has 0 aliphatic rings. The summed E-state index contributed by atoms with van der Waals surface area (Å²) in [6.07, 6.45) is 2.87. The fourth-order valence-electron chi connectivity index (χ4n) is 1.90. The molecule has 0 bridgehead atoms. The predicted octanol–water partition coefficient (Wildman–Crippen LogP) is 1.37. The van der Waals surface area contributed by atoms with Gasteiger partial charge in [-0.2, -0.15) is 0 Å². The van der Waals surface area contributed by atoms with Gasteiger partial charge in [-0.15, -0.1) is 0 Å². The zero-order chi connectivity index (χ0) is 14.9. The largest absolute Gasteiger partial charge is 0.376 e. The molecule has 2 aromatic rings. The predicted molar refractivity (Wildman–Crippen MR) is 80.1 cm³/mol. The molecular weight excluding hydrogens is 266 g/mol. The maximum Gasteiger partial charge on any atom is 0.238 e. The Hall–Kier alpha value is -2.24. The summed E-state index contributed by atoms with van der Waals surface area (Å²) in [5.74, 6) is 4.85. The van der Waals surface area contributed by atoms with Gasteiger partial charge in [0.15, 0.2) is 0 Å². The quantitative estimate of drug-likeness (QED) is 0.349. The van der Waals surface area contributed by atoms with Gasteiger partial charge in [0.05, 0.1) is 19.6 Å². The Morgan fingerprint density at radius 1 is 1.14 bits per heavy atom. The third-order valence-corrected chi connectivity index (χ3v) is 3.05. The molecular formula is C16H19N3O2. The van der Waals surface area contributed by atoms with Gasteiger partial charge in [-0.05, 0) is 23.3 Å². The molecule has 0 atom stereocenters. The molecule has 1 aromatic carbocycles. The highest BCUT2D eigenvalue weighted by Crippen LogP contribution is 2.07. The second-order valence-electron chi connectivity index (χ2n) is 4.68. The van der Waals surface area contributed by atoms with Crippen LogP contribution >= 0.6 is 0 Å². The normalized spacial score (nSPS) is 10.3. The van der Waals surface area contributed by atoms with E-state index in [0.29, 0.717) is 13.2 Å². The highest BCUT2D eigenvalue weighted by Gasteiger charge is 2.01. The number of carbonyl (C=O) groups excluding carboxylic acids is 1. The summed E-state index contributed by atoms with van der Waals surface area (Å²) in [6, 6.07) is 13.6. The van der Waals surface area contributed by atoms with Crippen molar-refractivity contribution in [1.29, 1.82) is 0 Å². The lowest BCUT2D eigenvalue weighted by Crippen LogP contribution is -2.31. The van der Waals surface area contributed by atoms with E-state index in [1.807, 2.05) is 42.5 Å². The van der Waals surface area contributed by atoms with Crippen molar-refractivity contribution in [2.45, 2.75) is 19.4 Å². The Morgan fingerprint density at radius 2 is 1.90 bits per heavy atom. The maximum atomic E-state index is 11.1. The molecule has 0 aliphatic carbocycles. The van der Waals surface area contributed by atoms with E-state index >= 15 is 0 Å². The van der Waals surface area contributed by atoms with E-state index in [4.69, 9.17) is 10.6 Å². The number of hydrogen-bond acceptors (Lipinski definition) is 4. The van der Waals surface area contributed by atoms with Crippen molar-refractivity contribution < 1.29 is 9.53 Å². The number of benzene rings is 1. The van der Waals surface area contributed by atoms with Crippen molar-refractivity contribution in [3.8, 4) is 0 Å². The number of nitrogens with two attached hydrogens (primary N) is 1. The van der Waals surface area contributed by atoms with Crippen LogP contribution in [0.1, 0.15) is 16.8 Å². The van der Waals surface area contributed by atoms with Crippen LogP contribution in [-0.2, 0) is 29.0 Å². The fourth-order valence-corrected chi connectivity index (χ4v) is 1.90. The molecule has 3 N–H and O–H groups in total. The molecule has 0 unspecified atom stereocenters. The number of nitrogens with zero attached hydrogens (tertiary/aromatic N) is 1. The molecule has 0 aliphatic heterocycles. The van der Waals surface area contributed by atoms with E-state index in [1.165, 1.54) is 0 Å². The zero-order valence-corrected chi connectivity index (χ0v) is 11.8. The molecule has 1 aromatic heterocycles. The molecule has 0 spiro atoms. The lowest BCUT2D eigenvalue weighted by molar-refractivity contribution is -0.120. The molecule has 1 amide bonds. The highest BCUT2D eigenvalue weighted by molar-refractivity contribution is 5.77. The van der Waals surface area contributed by atoms with Gasteiger partial charge in [0, 0.05) is 18.3 Å². The first kappa shape index (κ1) is 15.2. The number of rotatable bonds is 7. The smallest absolute Gasteiger partial charge is 0.238 e. The van der Waals surface area contributed by atoms with Gasteiger partial charge in [-0.3, -0.25) is 15.2 Å². The van der Waals surface area contributed by atoms with Gasteiger partial charge in [0.2, 0.25) is 5.91 Å². The van der Waals surface area contributed by atoms with E-state index in [1.54, 1.807) is 6.20 Å². The second kappa shape index (κ2) is 8.14. The van der Waals surface area contributed by atoms with E-state index in [0.717, 1.165) is 23.2 Å². The summed E-state index contributed by atoms with van der Waals surface area (Å²) in [4.78, 5) is 15.4. The maximum absolute atomic E-state index is 11.1. The number of hydrazine groups is 1. The van der Waals surface area contributed by atoms with Crippen LogP contribution < -0.4 is 11.3 Å². The van der Waals surface area contributed by atoms with Crippen LogP contribution in [0.2, 0.25) is 0 Å². The number of aromatic nitrogens is 1. The number of pyridine rings is 1. The first-order valence-electron chi connectivity index (χ1n) is 6.83. The summed E-state index contributed by atoms with van der Waals surface area (Å²) < 4.78 is 5.63.